The molecule has 0 heterocycles. The smallest absolute Gasteiger partial charge is 0.373 e. The van der Waals surface area contributed by atoms with E-state index in [1.165, 1.54) is 0 Å². The third kappa shape index (κ3) is 5.57. The van der Waals surface area contributed by atoms with E-state index in [1.54, 1.807) is 14.1 Å². The molecule has 0 aliphatic carbocycles. The lowest BCUT2D eigenvalue weighted by atomic mass is 10.1. The molecule has 2 N–H and O–H groups in total. The Morgan fingerprint density at radius 2 is 1.88 bits per heavy atom. The number of halogens is 4. The van der Waals surface area contributed by atoms with Gasteiger partial charge in [-0.05, 0) is 52.2 Å². The predicted octanol–water partition coefficient (Wildman–Crippen LogP) is 2.32. The molecule has 1 aromatic rings. The van der Waals surface area contributed by atoms with Crippen LogP contribution >= 0.6 is 11.6 Å². The van der Waals surface area contributed by atoms with E-state index in [-0.39, 0.29) is 21.4 Å². The van der Waals surface area contributed by atoms with Crippen molar-refractivity contribution in [3.63, 3.8) is 0 Å². The molecule has 0 aromatic heterocycles. The third-order valence-electron chi connectivity index (χ3n) is 3.56. The standard InChI is InChI=1S/C15H20ClF3N2O4S/c1-14(23,15(17,18)19)13(22)20-12-6-5-10(9-11(12)16)26(24,25)8-4-7-21(2)3/h5-6,9,23H,4,7-8H2,1-3H3,(H,20,22). The highest BCUT2D eigenvalue weighted by Gasteiger charge is 2.55. The van der Waals surface area contributed by atoms with Crippen molar-refractivity contribution >= 4 is 33.0 Å². The van der Waals surface area contributed by atoms with Crippen molar-refractivity contribution in [2.24, 2.45) is 0 Å². The zero-order valence-corrected chi connectivity index (χ0v) is 16.0. The summed E-state index contributed by atoms with van der Waals surface area (Å²) in [5, 5.41) is 10.9. The van der Waals surface area contributed by atoms with E-state index in [9.17, 15) is 31.5 Å². The second-order valence-corrected chi connectivity index (χ2v) is 8.66. The first-order valence-electron chi connectivity index (χ1n) is 7.46. The normalized spacial score (nSPS) is 15.0. The molecule has 1 unspecified atom stereocenters. The molecule has 11 heteroatoms. The molecule has 1 atom stereocenters. The lowest BCUT2D eigenvalue weighted by molar-refractivity contribution is -0.242. The predicted molar refractivity (Wildman–Crippen MR) is 92.0 cm³/mol. The minimum atomic E-state index is -5.18. The summed E-state index contributed by atoms with van der Waals surface area (Å²) < 4.78 is 62.4. The molecule has 0 bridgehead atoms. The first kappa shape index (κ1) is 22.7. The summed E-state index contributed by atoms with van der Waals surface area (Å²) in [6.45, 7) is 0.868. The molecular weight excluding hydrogens is 397 g/mol. The second kappa shape index (κ2) is 8.12. The van der Waals surface area contributed by atoms with Crippen LogP contribution in [0.3, 0.4) is 0 Å². The van der Waals surface area contributed by atoms with Gasteiger partial charge in [0.2, 0.25) is 5.60 Å². The molecule has 0 spiro atoms. The molecule has 6 nitrogen and oxygen atoms in total. The Kier molecular flexibility index (Phi) is 7.08. The van der Waals surface area contributed by atoms with Crippen molar-refractivity contribution in [1.82, 2.24) is 4.90 Å². The molecule has 0 fully saturated rings. The van der Waals surface area contributed by atoms with Gasteiger partial charge in [0.05, 0.1) is 21.4 Å². The Morgan fingerprint density at radius 3 is 2.35 bits per heavy atom. The van der Waals surface area contributed by atoms with Gasteiger partial charge in [-0.2, -0.15) is 13.2 Å². The van der Waals surface area contributed by atoms with Crippen molar-refractivity contribution < 1.29 is 31.5 Å². The molecule has 26 heavy (non-hydrogen) atoms. The molecule has 0 aliphatic rings. The molecule has 0 aliphatic heterocycles. The van der Waals surface area contributed by atoms with Crippen LogP contribution in [0.5, 0.6) is 0 Å². The number of carbonyl (C=O) groups is 1. The maximum Gasteiger partial charge on any atom is 0.426 e. The van der Waals surface area contributed by atoms with Crippen LogP contribution in [0.2, 0.25) is 5.02 Å². The van der Waals surface area contributed by atoms with Gasteiger partial charge in [-0.25, -0.2) is 8.42 Å². The first-order valence-corrected chi connectivity index (χ1v) is 9.49. The van der Waals surface area contributed by atoms with Crippen LogP contribution in [0, 0.1) is 0 Å². The minimum Gasteiger partial charge on any atom is -0.373 e. The molecule has 1 amide bonds. The average Bonchev–Trinajstić information content (AvgIpc) is 2.47. The fraction of sp³-hybridized carbons (Fsp3) is 0.533. The van der Waals surface area contributed by atoms with Crippen LogP contribution in [0.1, 0.15) is 13.3 Å². The monoisotopic (exact) mass is 416 g/mol. The van der Waals surface area contributed by atoms with Crippen molar-refractivity contribution in [2.75, 3.05) is 31.7 Å². The number of alkyl halides is 3. The van der Waals surface area contributed by atoms with Gasteiger partial charge in [0.15, 0.2) is 9.84 Å². The number of carbonyl (C=O) groups excluding carboxylic acids is 1. The first-order chi connectivity index (χ1) is 11.7. The fourth-order valence-corrected chi connectivity index (χ4v) is 3.46. The number of benzene rings is 1. The maximum atomic E-state index is 12.7. The summed E-state index contributed by atoms with van der Waals surface area (Å²) in [6, 6.07) is 3.25. The number of sulfone groups is 1. The number of anilines is 1. The van der Waals surface area contributed by atoms with Crippen LogP contribution < -0.4 is 5.32 Å². The summed E-state index contributed by atoms with van der Waals surface area (Å²) in [5.41, 5.74) is -3.86. The van der Waals surface area contributed by atoms with Crippen LogP contribution in [0.25, 0.3) is 0 Å². The summed E-state index contributed by atoms with van der Waals surface area (Å²) in [6.07, 6.45) is -4.79. The van der Waals surface area contributed by atoms with Gasteiger partial charge in [-0.3, -0.25) is 4.79 Å². The van der Waals surface area contributed by atoms with Gasteiger partial charge in [0.25, 0.3) is 5.91 Å². The Labute approximate surface area is 154 Å². The summed E-state index contributed by atoms with van der Waals surface area (Å²) in [5.74, 6) is -1.86. The average molecular weight is 417 g/mol. The van der Waals surface area contributed by atoms with E-state index in [0.29, 0.717) is 19.9 Å². The van der Waals surface area contributed by atoms with Crippen molar-refractivity contribution in [3.05, 3.63) is 23.2 Å². The van der Waals surface area contributed by atoms with E-state index in [4.69, 9.17) is 11.6 Å². The number of hydrogen-bond acceptors (Lipinski definition) is 5. The van der Waals surface area contributed by atoms with E-state index in [0.717, 1.165) is 18.2 Å². The van der Waals surface area contributed by atoms with Gasteiger partial charge in [0, 0.05) is 0 Å². The molecular formula is C15H20ClF3N2O4S. The van der Waals surface area contributed by atoms with Crippen LogP contribution in [-0.2, 0) is 14.6 Å². The van der Waals surface area contributed by atoms with Crippen LogP contribution in [0.15, 0.2) is 23.1 Å². The second-order valence-electron chi connectivity index (χ2n) is 6.14. The van der Waals surface area contributed by atoms with Gasteiger partial charge >= 0.3 is 6.18 Å². The Hall–Kier alpha value is -1.36. The van der Waals surface area contributed by atoms with Crippen molar-refractivity contribution in [1.29, 1.82) is 0 Å². The number of hydrogen-bond donors (Lipinski definition) is 2. The van der Waals surface area contributed by atoms with Crippen LogP contribution in [-0.4, -0.2) is 62.5 Å². The molecule has 0 saturated heterocycles. The SMILES string of the molecule is CN(C)CCCS(=O)(=O)c1ccc(NC(=O)C(C)(O)C(F)(F)F)c(Cl)c1. The van der Waals surface area contributed by atoms with E-state index >= 15 is 0 Å². The molecule has 0 saturated carbocycles. The zero-order valence-electron chi connectivity index (χ0n) is 14.4. The molecule has 148 valence electrons. The van der Waals surface area contributed by atoms with E-state index in [2.05, 4.69) is 0 Å². The number of aliphatic hydroxyl groups is 1. The lowest BCUT2D eigenvalue weighted by Gasteiger charge is -2.25. The number of rotatable bonds is 7. The van der Waals surface area contributed by atoms with E-state index in [1.807, 2.05) is 10.2 Å². The van der Waals surface area contributed by atoms with Gasteiger partial charge in [-0.15, -0.1) is 0 Å². The number of nitrogens with zero attached hydrogens (tertiary/aromatic N) is 1. The van der Waals surface area contributed by atoms with Crippen molar-refractivity contribution in [3.8, 4) is 0 Å². The third-order valence-corrected chi connectivity index (χ3v) is 5.67. The molecule has 1 rings (SSSR count). The van der Waals surface area contributed by atoms with Gasteiger partial charge < -0.3 is 15.3 Å². The van der Waals surface area contributed by atoms with Gasteiger partial charge in [0.1, 0.15) is 0 Å². The Morgan fingerprint density at radius 1 is 1.31 bits per heavy atom. The quantitative estimate of drug-likeness (QED) is 0.712. The maximum absolute atomic E-state index is 12.7. The van der Waals surface area contributed by atoms with Crippen molar-refractivity contribution in [2.45, 2.75) is 30.0 Å². The molecule has 0 radical (unpaired) electrons. The highest BCUT2D eigenvalue weighted by molar-refractivity contribution is 7.91. The summed E-state index contributed by atoms with van der Waals surface area (Å²) in [7, 11) is -0.0237. The van der Waals surface area contributed by atoms with Gasteiger partial charge in [-0.1, -0.05) is 11.6 Å². The minimum absolute atomic E-state index is 0.109. The van der Waals surface area contributed by atoms with Crippen LogP contribution in [0.4, 0.5) is 18.9 Å². The molecule has 1 aromatic carbocycles. The number of nitrogens with one attached hydrogen (secondary N) is 1. The van der Waals surface area contributed by atoms with E-state index < -0.39 is 27.5 Å². The topological polar surface area (TPSA) is 86.7 Å². The summed E-state index contributed by atoms with van der Waals surface area (Å²) in [4.78, 5) is 13.4. The number of amides is 1. The zero-order chi connectivity index (χ0) is 20.3. The fourth-order valence-electron chi connectivity index (χ4n) is 1.85. The Bertz CT molecular complexity index is 765. The largest absolute Gasteiger partial charge is 0.426 e. The Balaban J connectivity index is 2.96. The highest BCUT2D eigenvalue weighted by Crippen LogP contribution is 2.32. The summed E-state index contributed by atoms with van der Waals surface area (Å²) >= 11 is 5.88. The highest BCUT2D eigenvalue weighted by atomic mass is 35.5. The lowest BCUT2D eigenvalue weighted by Crippen LogP contribution is -2.52.